The molecule has 1 atom stereocenters. The van der Waals surface area contributed by atoms with Crippen LogP contribution in [0.15, 0.2) is 48.0 Å². The lowest BCUT2D eigenvalue weighted by Gasteiger charge is -2.29. The fourth-order valence-electron chi connectivity index (χ4n) is 2.79. The van der Waals surface area contributed by atoms with Gasteiger partial charge in [-0.1, -0.05) is 18.2 Å². The van der Waals surface area contributed by atoms with Gasteiger partial charge in [0.15, 0.2) is 22.7 Å². The molecule has 1 unspecified atom stereocenters. The Labute approximate surface area is 181 Å². The molecule has 0 aromatic heterocycles. The van der Waals surface area contributed by atoms with E-state index in [1.807, 2.05) is 0 Å². The van der Waals surface area contributed by atoms with Crippen LogP contribution in [0.3, 0.4) is 0 Å². The highest BCUT2D eigenvalue weighted by Crippen LogP contribution is 2.31. The van der Waals surface area contributed by atoms with Gasteiger partial charge in [-0.3, -0.25) is 14.9 Å². The number of nitrogens with zero attached hydrogens (tertiary/aromatic N) is 1. The van der Waals surface area contributed by atoms with Crippen LogP contribution in [-0.2, 0) is 14.4 Å². The quantitative estimate of drug-likeness (QED) is 0.401. The highest BCUT2D eigenvalue weighted by molar-refractivity contribution is 7.80. The number of aliphatic carboxylic acids is 1. The maximum atomic E-state index is 14.2. The fraction of sp³-hybridized carbons (Fsp3) is 0.143. The third-order valence-corrected chi connectivity index (χ3v) is 4.63. The first kappa shape index (κ1) is 21.9. The molecule has 0 spiro atoms. The van der Waals surface area contributed by atoms with Crippen molar-refractivity contribution in [1.82, 2.24) is 5.32 Å². The van der Waals surface area contributed by atoms with E-state index >= 15 is 0 Å². The van der Waals surface area contributed by atoms with Crippen LogP contribution >= 0.6 is 12.2 Å². The number of rotatable bonds is 6. The monoisotopic (exact) mass is 444 g/mol. The highest BCUT2D eigenvalue weighted by atomic mass is 32.1. The molecule has 1 saturated heterocycles. The van der Waals surface area contributed by atoms with Gasteiger partial charge in [-0.05, 0) is 55.0 Å². The van der Waals surface area contributed by atoms with Gasteiger partial charge in [0, 0.05) is 0 Å². The molecule has 1 aliphatic heterocycles. The second-order valence-electron chi connectivity index (χ2n) is 6.42. The number of carbonyl (C=O) groups is 3. The first-order valence-electron chi connectivity index (χ1n) is 8.96. The van der Waals surface area contributed by atoms with Crippen LogP contribution < -0.4 is 19.7 Å². The number of carbonyl (C=O) groups excluding carboxylic acids is 2. The second-order valence-corrected chi connectivity index (χ2v) is 6.80. The van der Waals surface area contributed by atoms with Gasteiger partial charge in [-0.2, -0.15) is 0 Å². The number of halogens is 1. The number of carboxylic acids is 1. The number of anilines is 1. The zero-order valence-corrected chi connectivity index (χ0v) is 17.2. The smallest absolute Gasteiger partial charge is 0.344 e. The van der Waals surface area contributed by atoms with Crippen LogP contribution in [0.1, 0.15) is 12.5 Å². The average molecular weight is 444 g/mol. The minimum atomic E-state index is -1.15. The van der Waals surface area contributed by atoms with Crippen molar-refractivity contribution in [2.24, 2.45) is 0 Å². The lowest BCUT2D eigenvalue weighted by Crippen LogP contribution is -2.54. The molecule has 31 heavy (non-hydrogen) atoms. The molecule has 0 aliphatic carbocycles. The zero-order chi connectivity index (χ0) is 22.7. The Morgan fingerprint density at radius 2 is 1.94 bits per heavy atom. The summed E-state index contributed by atoms with van der Waals surface area (Å²) in [4.78, 5) is 37.3. The van der Waals surface area contributed by atoms with Crippen LogP contribution in [0, 0.1) is 5.82 Å². The molecular formula is C21H17FN2O6S. The van der Waals surface area contributed by atoms with E-state index in [9.17, 15) is 18.8 Å². The van der Waals surface area contributed by atoms with Gasteiger partial charge in [0.05, 0.1) is 12.8 Å². The molecule has 2 aromatic rings. The number of carboxylic acid groups (broad SMARTS) is 1. The molecule has 2 aromatic carbocycles. The molecule has 3 rings (SSSR count). The van der Waals surface area contributed by atoms with E-state index in [0.29, 0.717) is 5.56 Å². The van der Waals surface area contributed by atoms with Crippen molar-refractivity contribution in [3.05, 3.63) is 59.4 Å². The number of para-hydroxylation sites is 1. The molecule has 160 valence electrons. The number of ether oxygens (including phenoxy) is 2. The number of amides is 2. The van der Waals surface area contributed by atoms with Crippen LogP contribution in [0.5, 0.6) is 11.5 Å². The van der Waals surface area contributed by atoms with E-state index in [1.165, 1.54) is 62.6 Å². The lowest BCUT2D eigenvalue weighted by atomic mass is 10.1. The Bertz CT molecular complexity index is 1120. The SMILES string of the molecule is COc1cc(/C=C2/C(=O)NC(=S)N(c3ccccc3F)C2=O)ccc1OC(C)C(=O)O. The van der Waals surface area contributed by atoms with E-state index < -0.39 is 29.7 Å². The van der Waals surface area contributed by atoms with E-state index in [2.05, 4.69) is 5.32 Å². The maximum Gasteiger partial charge on any atom is 0.344 e. The Morgan fingerprint density at radius 1 is 1.23 bits per heavy atom. The normalized spacial score (nSPS) is 16.2. The summed E-state index contributed by atoms with van der Waals surface area (Å²) >= 11 is 5.05. The summed E-state index contributed by atoms with van der Waals surface area (Å²) in [5.74, 6) is -2.98. The van der Waals surface area contributed by atoms with Gasteiger partial charge >= 0.3 is 5.97 Å². The van der Waals surface area contributed by atoms with Crippen molar-refractivity contribution in [3.8, 4) is 11.5 Å². The first-order chi connectivity index (χ1) is 14.7. The van der Waals surface area contributed by atoms with Crippen molar-refractivity contribution in [3.63, 3.8) is 0 Å². The maximum absolute atomic E-state index is 14.2. The molecular weight excluding hydrogens is 427 g/mol. The summed E-state index contributed by atoms with van der Waals surface area (Å²) in [7, 11) is 1.36. The van der Waals surface area contributed by atoms with Gasteiger partial charge in [-0.15, -0.1) is 0 Å². The minimum absolute atomic E-state index is 0.0904. The summed E-state index contributed by atoms with van der Waals surface area (Å²) in [6, 6.07) is 9.98. The summed E-state index contributed by atoms with van der Waals surface area (Å²) in [6.07, 6.45) is 0.180. The minimum Gasteiger partial charge on any atom is -0.493 e. The Balaban J connectivity index is 1.97. The molecule has 0 saturated carbocycles. The molecule has 1 heterocycles. The number of thiocarbonyl (C=S) groups is 1. The fourth-order valence-corrected chi connectivity index (χ4v) is 3.06. The zero-order valence-electron chi connectivity index (χ0n) is 16.4. The molecule has 0 radical (unpaired) electrons. The molecule has 2 N–H and O–H groups in total. The van der Waals surface area contributed by atoms with Crippen LogP contribution in [0.4, 0.5) is 10.1 Å². The third kappa shape index (κ3) is 4.53. The van der Waals surface area contributed by atoms with Crippen molar-refractivity contribution in [2.75, 3.05) is 12.0 Å². The van der Waals surface area contributed by atoms with E-state index in [-0.39, 0.29) is 27.9 Å². The van der Waals surface area contributed by atoms with E-state index in [0.717, 1.165) is 4.90 Å². The number of nitrogens with one attached hydrogen (secondary N) is 1. The van der Waals surface area contributed by atoms with Gasteiger partial charge in [0.2, 0.25) is 0 Å². The predicted octanol–water partition coefficient (Wildman–Crippen LogP) is 2.52. The number of hydrogen-bond donors (Lipinski definition) is 2. The van der Waals surface area contributed by atoms with Gasteiger partial charge < -0.3 is 14.6 Å². The van der Waals surface area contributed by atoms with Gasteiger partial charge in [0.1, 0.15) is 11.4 Å². The molecule has 2 amide bonds. The topological polar surface area (TPSA) is 105 Å². The molecule has 0 bridgehead atoms. The summed E-state index contributed by atoms with van der Waals surface area (Å²) in [5, 5.41) is 11.1. The van der Waals surface area contributed by atoms with Gasteiger partial charge in [0.25, 0.3) is 11.8 Å². The average Bonchev–Trinajstić information content (AvgIpc) is 2.73. The van der Waals surface area contributed by atoms with E-state index in [1.54, 1.807) is 0 Å². The molecule has 1 fully saturated rings. The Kier molecular flexibility index (Phi) is 6.30. The first-order valence-corrected chi connectivity index (χ1v) is 9.37. The lowest BCUT2D eigenvalue weighted by molar-refractivity contribution is -0.144. The van der Waals surface area contributed by atoms with Gasteiger partial charge in [-0.25, -0.2) is 14.1 Å². The van der Waals surface area contributed by atoms with Crippen molar-refractivity contribution in [2.45, 2.75) is 13.0 Å². The van der Waals surface area contributed by atoms with Crippen LogP contribution in [0.25, 0.3) is 6.08 Å². The van der Waals surface area contributed by atoms with Crippen LogP contribution in [0.2, 0.25) is 0 Å². The standard InChI is InChI=1S/C21H17FN2O6S/c1-11(20(27)28)30-16-8-7-12(10-17(16)29-2)9-13-18(25)23-21(31)24(19(13)26)15-6-4-3-5-14(15)22/h3-11H,1-2H3,(H,27,28)(H,23,25,31)/b13-9-. The summed E-state index contributed by atoms with van der Waals surface area (Å²) in [5.41, 5.74) is 0.0332. The summed E-state index contributed by atoms with van der Waals surface area (Å²) in [6.45, 7) is 1.36. The Hall–Kier alpha value is -3.79. The Morgan fingerprint density at radius 3 is 2.58 bits per heavy atom. The predicted molar refractivity (Wildman–Crippen MR) is 113 cm³/mol. The molecule has 1 aliphatic rings. The number of hydrogen-bond acceptors (Lipinski definition) is 6. The van der Waals surface area contributed by atoms with Crippen LogP contribution in [-0.4, -0.2) is 41.2 Å². The van der Waals surface area contributed by atoms with Crippen molar-refractivity contribution >= 4 is 46.9 Å². The van der Waals surface area contributed by atoms with Crippen molar-refractivity contribution < 1.29 is 33.4 Å². The largest absolute Gasteiger partial charge is 0.493 e. The van der Waals surface area contributed by atoms with E-state index in [4.69, 9.17) is 26.8 Å². The summed E-state index contributed by atoms with van der Waals surface area (Å²) < 4.78 is 24.8. The number of methoxy groups -OCH3 is 1. The second kappa shape index (κ2) is 8.92. The number of benzene rings is 2. The van der Waals surface area contributed by atoms with Crippen molar-refractivity contribution in [1.29, 1.82) is 0 Å². The molecule has 10 heteroatoms. The third-order valence-electron chi connectivity index (χ3n) is 4.35. The molecule has 8 nitrogen and oxygen atoms in total. The highest BCUT2D eigenvalue weighted by Gasteiger charge is 2.35.